The Kier molecular flexibility index (Phi) is 22.3. The van der Waals surface area contributed by atoms with Gasteiger partial charge in [0.2, 0.25) is 0 Å². The number of amides is 1. The summed E-state index contributed by atoms with van der Waals surface area (Å²) in [5, 5.41) is 12.5. The van der Waals surface area contributed by atoms with Crippen LogP contribution < -0.4 is 16.6 Å². The summed E-state index contributed by atoms with van der Waals surface area (Å²) in [5.74, 6) is -0.685. The molecule has 6 atom stereocenters. The molecule has 0 spiro atoms. The Morgan fingerprint density at radius 3 is 2.12 bits per heavy atom. The maximum atomic E-state index is 12.4. The minimum atomic E-state index is -3.42. The Hall–Kier alpha value is -2.35. The van der Waals surface area contributed by atoms with Crippen molar-refractivity contribution in [1.82, 2.24) is 14.9 Å². The highest BCUT2D eigenvalue weighted by Gasteiger charge is 2.48. The highest BCUT2D eigenvalue weighted by Crippen LogP contribution is 2.37. The number of nitrogens with one attached hydrogen (secondary N) is 2. The van der Waals surface area contributed by atoms with E-state index in [1.54, 1.807) is 6.92 Å². The molecule has 0 saturated carbocycles. The molecule has 1 aromatic heterocycles. The lowest BCUT2D eigenvalue weighted by atomic mass is 10.0. The number of aromatic nitrogens is 2. The first-order valence-corrected chi connectivity index (χ1v) is 19.5. The average Bonchev–Trinajstić information content (AvgIpc) is 3.40. The van der Waals surface area contributed by atoms with Crippen LogP contribution in [0, 0.1) is 0 Å². The number of nitrogens with zero attached hydrogens (tertiary/aromatic N) is 1. The second kappa shape index (κ2) is 25.6. The molecule has 1 aliphatic heterocycles. The molecule has 282 valence electrons. The number of aliphatic hydroxyl groups excluding tert-OH is 1. The molecule has 14 nitrogen and oxygen atoms in total. The van der Waals surface area contributed by atoms with Crippen molar-refractivity contribution in [2.45, 2.75) is 160 Å². The van der Waals surface area contributed by atoms with Gasteiger partial charge in [0.15, 0.2) is 12.3 Å². The van der Waals surface area contributed by atoms with E-state index in [1.807, 2.05) is 0 Å². The van der Waals surface area contributed by atoms with Crippen LogP contribution >= 0.6 is 8.25 Å². The summed E-state index contributed by atoms with van der Waals surface area (Å²) in [4.78, 5) is 59.9. The molecule has 1 aliphatic rings. The number of unbranched alkanes of at least 4 members (excludes halogenated alkanes) is 15. The van der Waals surface area contributed by atoms with Crippen LogP contribution in [0.2, 0.25) is 0 Å². The number of aliphatic hydroxyl groups is 1. The molecular formula is C34H60N3O11P. The summed E-state index contributed by atoms with van der Waals surface area (Å²) in [6.07, 6.45) is 15.2. The van der Waals surface area contributed by atoms with E-state index in [0.717, 1.165) is 42.7 Å². The summed E-state index contributed by atoms with van der Waals surface area (Å²) in [6, 6.07) is 1.13. The number of ether oxygens (including phenoxy) is 3. The summed E-state index contributed by atoms with van der Waals surface area (Å²) in [7, 11) is -3.42. The maximum Gasteiger partial charge on any atom is 0.330 e. The van der Waals surface area contributed by atoms with Crippen molar-refractivity contribution in [3.8, 4) is 0 Å². The minimum Gasteiger partial charge on any atom is -0.453 e. The van der Waals surface area contributed by atoms with Crippen molar-refractivity contribution in [2.75, 3.05) is 19.8 Å². The van der Waals surface area contributed by atoms with E-state index in [2.05, 4.69) is 17.2 Å². The van der Waals surface area contributed by atoms with Crippen LogP contribution in [0.3, 0.4) is 0 Å². The fraction of sp³-hybridized carbons (Fsp3) is 0.824. The summed E-state index contributed by atoms with van der Waals surface area (Å²) >= 11 is 0. The lowest BCUT2D eigenvalue weighted by molar-refractivity contribution is -0.154. The van der Waals surface area contributed by atoms with Gasteiger partial charge in [0.1, 0.15) is 18.3 Å². The van der Waals surface area contributed by atoms with E-state index < -0.39 is 56.8 Å². The molecule has 1 amide bonds. The molecule has 2 heterocycles. The van der Waals surface area contributed by atoms with E-state index in [9.17, 15) is 33.7 Å². The highest BCUT2D eigenvalue weighted by atomic mass is 31.1. The summed E-state index contributed by atoms with van der Waals surface area (Å²) < 4.78 is 34.6. The standard InChI is InChI=1S/C34H60N3O11P/c1-3-4-5-6-7-8-9-10-11-12-13-14-17-20-29(40)46-26(2)32(41)35-22-18-15-16-19-24-45-31-30(48-49(43)44)27(25-38)47-33(31)37-23-21-28(39)36-34(37)42/h21,23,26-27,30-31,33,38,49H,3-20,22,24-25H2,1-2H3,(H,35,41)(H,43,44)(H,36,39,42)/t26-,27-,30?,31?,33-/m1/s1. The van der Waals surface area contributed by atoms with Gasteiger partial charge in [0.05, 0.1) is 6.61 Å². The van der Waals surface area contributed by atoms with Crippen LogP contribution in [0.5, 0.6) is 0 Å². The zero-order chi connectivity index (χ0) is 35.9. The van der Waals surface area contributed by atoms with E-state index in [0.29, 0.717) is 25.8 Å². The SMILES string of the molecule is CCCCCCCCCCCCCCCC(=O)O[C@H](C)C(=O)NCCCCCCOC1C(O[PH](=O)O)[C@@H](CO)O[C@H]1n1ccc(=O)[nH]c1=O. The Morgan fingerprint density at radius 2 is 1.53 bits per heavy atom. The molecule has 4 N–H and O–H groups in total. The molecule has 0 bridgehead atoms. The predicted octanol–water partition coefficient (Wildman–Crippen LogP) is 4.67. The average molecular weight is 718 g/mol. The Balaban J connectivity index is 1.56. The van der Waals surface area contributed by atoms with Crippen LogP contribution in [0.4, 0.5) is 0 Å². The number of H-pyrrole nitrogens is 1. The Labute approximate surface area is 290 Å². The van der Waals surface area contributed by atoms with Gasteiger partial charge in [-0.05, 0) is 26.2 Å². The van der Waals surface area contributed by atoms with Crippen molar-refractivity contribution in [3.63, 3.8) is 0 Å². The molecule has 49 heavy (non-hydrogen) atoms. The zero-order valence-corrected chi connectivity index (χ0v) is 30.4. The van der Waals surface area contributed by atoms with Crippen molar-refractivity contribution in [1.29, 1.82) is 0 Å². The molecule has 0 radical (unpaired) electrons. The molecule has 0 aliphatic carbocycles. The number of carbonyl (C=O) groups excluding carboxylic acids is 2. The Bertz CT molecular complexity index is 1210. The van der Waals surface area contributed by atoms with Crippen LogP contribution in [-0.2, 0) is 32.9 Å². The monoisotopic (exact) mass is 717 g/mol. The smallest absolute Gasteiger partial charge is 0.330 e. The normalized spacial score (nSPS) is 20.2. The highest BCUT2D eigenvalue weighted by molar-refractivity contribution is 7.32. The lowest BCUT2D eigenvalue weighted by Gasteiger charge is -2.24. The van der Waals surface area contributed by atoms with Crippen LogP contribution in [0.15, 0.2) is 21.9 Å². The van der Waals surface area contributed by atoms with Crippen LogP contribution in [0.25, 0.3) is 0 Å². The minimum absolute atomic E-state index is 0.200. The first-order chi connectivity index (χ1) is 23.7. The molecule has 1 aromatic rings. The van der Waals surface area contributed by atoms with Gasteiger partial charge in [-0.1, -0.05) is 96.8 Å². The van der Waals surface area contributed by atoms with Crippen molar-refractivity contribution < 1.29 is 42.9 Å². The molecule has 1 saturated heterocycles. The third-order valence-corrected chi connectivity index (χ3v) is 9.14. The third-order valence-electron chi connectivity index (χ3n) is 8.67. The van der Waals surface area contributed by atoms with Crippen molar-refractivity contribution in [2.24, 2.45) is 0 Å². The van der Waals surface area contributed by atoms with E-state index in [4.69, 9.17) is 18.7 Å². The second-order valence-electron chi connectivity index (χ2n) is 12.8. The van der Waals surface area contributed by atoms with E-state index in [-0.39, 0.29) is 18.5 Å². The number of esters is 1. The van der Waals surface area contributed by atoms with Gasteiger partial charge in [-0.25, -0.2) is 4.79 Å². The van der Waals surface area contributed by atoms with Gasteiger partial charge in [-0.2, -0.15) is 0 Å². The summed E-state index contributed by atoms with van der Waals surface area (Å²) in [6.45, 7) is 3.89. The lowest BCUT2D eigenvalue weighted by Crippen LogP contribution is -2.40. The zero-order valence-electron chi connectivity index (χ0n) is 29.4. The molecule has 15 heteroatoms. The molecule has 0 aromatic carbocycles. The van der Waals surface area contributed by atoms with Gasteiger partial charge in [-0.3, -0.25) is 28.5 Å². The van der Waals surface area contributed by atoms with Crippen LogP contribution in [0.1, 0.15) is 136 Å². The maximum absolute atomic E-state index is 12.4. The fourth-order valence-electron chi connectivity index (χ4n) is 5.89. The van der Waals surface area contributed by atoms with Gasteiger partial charge in [0.25, 0.3) is 11.5 Å². The number of aromatic amines is 1. The van der Waals surface area contributed by atoms with Crippen molar-refractivity contribution >= 4 is 20.1 Å². The van der Waals surface area contributed by atoms with Gasteiger partial charge in [0, 0.05) is 31.8 Å². The summed E-state index contributed by atoms with van der Waals surface area (Å²) in [5.41, 5.74) is -1.36. The third kappa shape index (κ3) is 17.4. The van der Waals surface area contributed by atoms with Gasteiger partial charge in [-0.15, -0.1) is 0 Å². The first-order valence-electron chi connectivity index (χ1n) is 18.2. The molecule has 3 unspecified atom stereocenters. The number of rotatable bonds is 28. The number of carbonyl (C=O) groups is 2. The largest absolute Gasteiger partial charge is 0.453 e. The van der Waals surface area contributed by atoms with E-state index in [1.165, 1.54) is 70.4 Å². The first kappa shape index (κ1) is 42.8. The van der Waals surface area contributed by atoms with Gasteiger partial charge < -0.3 is 34.1 Å². The Morgan fingerprint density at radius 1 is 0.939 bits per heavy atom. The second-order valence-corrected chi connectivity index (χ2v) is 13.5. The topological polar surface area (TPSA) is 195 Å². The van der Waals surface area contributed by atoms with E-state index >= 15 is 0 Å². The predicted molar refractivity (Wildman–Crippen MR) is 185 cm³/mol. The van der Waals surface area contributed by atoms with Gasteiger partial charge >= 0.3 is 19.9 Å². The molecule has 1 fully saturated rings. The quantitative estimate of drug-likeness (QED) is 0.0534. The number of hydrogen-bond acceptors (Lipinski definition) is 10. The molecular weight excluding hydrogens is 657 g/mol. The molecule has 2 rings (SSSR count). The van der Waals surface area contributed by atoms with Crippen molar-refractivity contribution in [3.05, 3.63) is 33.1 Å². The van der Waals surface area contributed by atoms with Crippen LogP contribution in [-0.4, -0.2) is 75.6 Å². The number of hydrogen-bond donors (Lipinski definition) is 4. The fourth-order valence-corrected chi connectivity index (χ4v) is 6.41.